The Morgan fingerprint density at radius 3 is 2.67 bits per heavy atom. The van der Waals surface area contributed by atoms with Gasteiger partial charge in [0.05, 0.1) is 11.1 Å². The number of carbonyl (C=O) groups is 1. The van der Waals surface area contributed by atoms with Crippen LogP contribution in [0.4, 0.5) is 0 Å². The van der Waals surface area contributed by atoms with Crippen molar-refractivity contribution < 1.29 is 4.79 Å². The standard InChI is InChI=1S/C23H31N3O2S2/c1-2-14-26-22(28)20-17-12-8-5-9-13-18(17)30-21(20)25-23(26)29-15-19(27)24-16-10-6-3-4-7-11-16/h2,16H,1,3-15H2,(H,24,27). The molecule has 0 atom stereocenters. The smallest absolute Gasteiger partial charge is 0.263 e. The molecule has 4 rings (SSSR count). The first kappa shape index (κ1) is 21.6. The van der Waals surface area contributed by atoms with Crippen LogP contribution in [-0.2, 0) is 24.2 Å². The molecule has 0 saturated heterocycles. The normalized spacial score (nSPS) is 17.9. The Bertz CT molecular complexity index is 971. The van der Waals surface area contributed by atoms with Gasteiger partial charge in [0.1, 0.15) is 4.83 Å². The Morgan fingerprint density at radius 1 is 1.17 bits per heavy atom. The molecule has 0 aromatic carbocycles. The first-order chi connectivity index (χ1) is 14.7. The molecule has 2 heterocycles. The highest BCUT2D eigenvalue weighted by Crippen LogP contribution is 2.34. The fourth-order valence-electron chi connectivity index (χ4n) is 4.62. The summed E-state index contributed by atoms with van der Waals surface area (Å²) >= 11 is 3.04. The van der Waals surface area contributed by atoms with Crippen LogP contribution in [-0.4, -0.2) is 27.3 Å². The largest absolute Gasteiger partial charge is 0.353 e. The van der Waals surface area contributed by atoms with Crippen LogP contribution in [0.3, 0.4) is 0 Å². The number of hydrogen-bond acceptors (Lipinski definition) is 5. The average molecular weight is 446 g/mol. The Kier molecular flexibility index (Phi) is 7.31. The van der Waals surface area contributed by atoms with Crippen molar-refractivity contribution >= 4 is 39.2 Å². The summed E-state index contributed by atoms with van der Waals surface area (Å²) in [6, 6.07) is 0.291. The number of fused-ring (bicyclic) bond motifs is 3. The lowest BCUT2D eigenvalue weighted by atomic mass is 10.1. The van der Waals surface area contributed by atoms with E-state index in [1.807, 2.05) is 0 Å². The van der Waals surface area contributed by atoms with Gasteiger partial charge in [0.15, 0.2) is 5.16 Å². The first-order valence-corrected chi connectivity index (χ1v) is 13.1. The van der Waals surface area contributed by atoms with Crippen molar-refractivity contribution in [2.45, 2.75) is 88.4 Å². The van der Waals surface area contributed by atoms with Crippen LogP contribution in [0, 0.1) is 0 Å². The molecule has 0 bridgehead atoms. The van der Waals surface area contributed by atoms with Crippen molar-refractivity contribution in [3.8, 4) is 0 Å². The summed E-state index contributed by atoms with van der Waals surface area (Å²) in [5.74, 6) is 0.324. The van der Waals surface area contributed by atoms with E-state index in [0.29, 0.717) is 17.7 Å². The van der Waals surface area contributed by atoms with E-state index in [4.69, 9.17) is 4.98 Å². The van der Waals surface area contributed by atoms with E-state index in [9.17, 15) is 9.59 Å². The fraction of sp³-hybridized carbons (Fsp3) is 0.609. The van der Waals surface area contributed by atoms with Crippen molar-refractivity contribution in [2.75, 3.05) is 5.75 Å². The molecule has 2 aromatic rings. The van der Waals surface area contributed by atoms with Crippen molar-refractivity contribution in [3.05, 3.63) is 33.4 Å². The molecule has 162 valence electrons. The maximum Gasteiger partial charge on any atom is 0.263 e. The topological polar surface area (TPSA) is 64.0 Å². The lowest BCUT2D eigenvalue weighted by molar-refractivity contribution is -0.119. The second-order valence-corrected chi connectivity index (χ2v) is 10.4. The van der Waals surface area contributed by atoms with E-state index in [2.05, 4.69) is 11.9 Å². The maximum atomic E-state index is 13.4. The van der Waals surface area contributed by atoms with Crippen LogP contribution < -0.4 is 10.9 Å². The summed E-state index contributed by atoms with van der Waals surface area (Å²) in [5.41, 5.74) is 1.23. The molecule has 2 aliphatic carbocycles. The Hall–Kier alpha value is -1.60. The SMILES string of the molecule is C=CCn1c(SCC(=O)NC2CCCCCC2)nc2sc3c(c2c1=O)CCCCC3. The van der Waals surface area contributed by atoms with Gasteiger partial charge < -0.3 is 5.32 Å². The molecule has 0 aliphatic heterocycles. The fourth-order valence-corrected chi connectivity index (χ4v) is 6.74. The van der Waals surface area contributed by atoms with Gasteiger partial charge in [0.2, 0.25) is 5.91 Å². The van der Waals surface area contributed by atoms with Crippen molar-refractivity contribution in [1.82, 2.24) is 14.9 Å². The van der Waals surface area contributed by atoms with Gasteiger partial charge in [-0.1, -0.05) is 49.9 Å². The predicted octanol–water partition coefficient (Wildman–Crippen LogP) is 4.84. The number of thioether (sulfide) groups is 1. The molecule has 0 unspecified atom stereocenters. The third-order valence-electron chi connectivity index (χ3n) is 6.15. The first-order valence-electron chi connectivity index (χ1n) is 11.3. The molecule has 2 aliphatic rings. The molecule has 7 heteroatoms. The van der Waals surface area contributed by atoms with Crippen LogP contribution in [0.15, 0.2) is 22.6 Å². The van der Waals surface area contributed by atoms with Gasteiger partial charge >= 0.3 is 0 Å². The zero-order valence-electron chi connectivity index (χ0n) is 17.6. The van der Waals surface area contributed by atoms with E-state index < -0.39 is 0 Å². The number of thiophene rings is 1. The number of amides is 1. The molecule has 30 heavy (non-hydrogen) atoms. The molecule has 0 spiro atoms. The second kappa shape index (κ2) is 10.1. The van der Waals surface area contributed by atoms with E-state index in [-0.39, 0.29) is 17.2 Å². The summed E-state index contributed by atoms with van der Waals surface area (Å²) in [4.78, 5) is 32.9. The minimum absolute atomic E-state index is 0.0194. The Balaban J connectivity index is 1.55. The summed E-state index contributed by atoms with van der Waals surface area (Å²) in [7, 11) is 0. The van der Waals surface area contributed by atoms with Crippen LogP contribution in [0.2, 0.25) is 0 Å². The lowest BCUT2D eigenvalue weighted by Crippen LogP contribution is -2.35. The minimum Gasteiger partial charge on any atom is -0.353 e. The molecule has 2 aromatic heterocycles. The van der Waals surface area contributed by atoms with Gasteiger partial charge in [0.25, 0.3) is 5.56 Å². The van der Waals surface area contributed by atoms with Gasteiger partial charge in [-0.3, -0.25) is 14.2 Å². The molecule has 1 amide bonds. The van der Waals surface area contributed by atoms with Gasteiger partial charge in [0, 0.05) is 17.5 Å². The van der Waals surface area contributed by atoms with Crippen LogP contribution in [0.1, 0.15) is 68.2 Å². The maximum absolute atomic E-state index is 13.4. The molecule has 1 saturated carbocycles. The van der Waals surface area contributed by atoms with E-state index in [1.54, 1.807) is 22.0 Å². The number of nitrogens with zero attached hydrogens (tertiary/aromatic N) is 2. The number of carbonyl (C=O) groups excluding carboxylic acids is 1. The summed E-state index contributed by atoms with van der Waals surface area (Å²) in [6.07, 6.45) is 14.4. The molecular weight excluding hydrogens is 414 g/mol. The lowest BCUT2D eigenvalue weighted by Gasteiger charge is -2.16. The minimum atomic E-state index is 0.0194. The Labute approximate surface area is 186 Å². The van der Waals surface area contributed by atoms with Gasteiger partial charge in [-0.05, 0) is 44.1 Å². The molecule has 1 N–H and O–H groups in total. The van der Waals surface area contributed by atoms with Crippen molar-refractivity contribution in [3.63, 3.8) is 0 Å². The predicted molar refractivity (Wildman–Crippen MR) is 126 cm³/mol. The van der Waals surface area contributed by atoms with Gasteiger partial charge in [-0.15, -0.1) is 17.9 Å². The average Bonchev–Trinajstić information content (AvgIpc) is 2.92. The van der Waals surface area contributed by atoms with Crippen LogP contribution >= 0.6 is 23.1 Å². The second-order valence-electron chi connectivity index (χ2n) is 8.39. The number of hydrogen-bond donors (Lipinski definition) is 1. The zero-order valence-corrected chi connectivity index (χ0v) is 19.2. The third kappa shape index (κ3) is 4.83. The zero-order chi connectivity index (χ0) is 20.9. The number of allylic oxidation sites excluding steroid dienone is 1. The summed E-state index contributed by atoms with van der Waals surface area (Å²) < 4.78 is 1.69. The van der Waals surface area contributed by atoms with Crippen molar-refractivity contribution in [2.24, 2.45) is 0 Å². The molecular formula is C23H31N3O2S2. The third-order valence-corrected chi connectivity index (χ3v) is 8.32. The van der Waals surface area contributed by atoms with E-state index >= 15 is 0 Å². The van der Waals surface area contributed by atoms with Gasteiger partial charge in [-0.2, -0.15) is 0 Å². The van der Waals surface area contributed by atoms with Crippen LogP contribution in [0.25, 0.3) is 10.2 Å². The monoisotopic (exact) mass is 445 g/mol. The molecule has 1 fully saturated rings. The highest BCUT2D eigenvalue weighted by Gasteiger charge is 2.22. The van der Waals surface area contributed by atoms with Crippen molar-refractivity contribution in [1.29, 1.82) is 0 Å². The molecule has 0 radical (unpaired) electrons. The highest BCUT2D eigenvalue weighted by atomic mass is 32.2. The highest BCUT2D eigenvalue weighted by molar-refractivity contribution is 7.99. The number of aryl methyl sites for hydroxylation is 2. The van der Waals surface area contributed by atoms with E-state index in [0.717, 1.165) is 42.3 Å². The van der Waals surface area contributed by atoms with Gasteiger partial charge in [-0.25, -0.2) is 4.98 Å². The summed E-state index contributed by atoms with van der Waals surface area (Å²) in [6.45, 7) is 4.23. The van der Waals surface area contributed by atoms with Crippen LogP contribution in [0.5, 0.6) is 0 Å². The number of nitrogens with one attached hydrogen (secondary N) is 1. The number of aromatic nitrogens is 2. The quantitative estimate of drug-likeness (QED) is 0.227. The molecule has 5 nitrogen and oxygen atoms in total. The number of rotatable bonds is 6. The Morgan fingerprint density at radius 2 is 1.90 bits per heavy atom. The summed E-state index contributed by atoms with van der Waals surface area (Å²) in [5, 5.41) is 4.61. The van der Waals surface area contributed by atoms with E-state index in [1.165, 1.54) is 60.7 Å².